The first-order chi connectivity index (χ1) is 8.00. The predicted octanol–water partition coefficient (Wildman–Crippen LogP) is 2.30. The molecule has 3 nitrogen and oxygen atoms in total. The van der Waals surface area contributed by atoms with Crippen LogP contribution in [0.3, 0.4) is 0 Å². The molecule has 94 valence electrons. The lowest BCUT2D eigenvalue weighted by Gasteiger charge is -2.21. The van der Waals surface area contributed by atoms with Crippen molar-refractivity contribution in [2.75, 3.05) is 13.6 Å². The van der Waals surface area contributed by atoms with Crippen LogP contribution in [0.5, 0.6) is 0 Å². The van der Waals surface area contributed by atoms with Crippen LogP contribution in [0.25, 0.3) is 0 Å². The van der Waals surface area contributed by atoms with Crippen molar-refractivity contribution in [1.29, 1.82) is 0 Å². The van der Waals surface area contributed by atoms with Crippen LogP contribution in [0.2, 0.25) is 5.02 Å². The van der Waals surface area contributed by atoms with Crippen LogP contribution in [-0.2, 0) is 11.3 Å². The second-order valence-electron chi connectivity index (χ2n) is 4.33. The van der Waals surface area contributed by atoms with Gasteiger partial charge in [0.15, 0.2) is 0 Å². The molecule has 4 heteroatoms. The van der Waals surface area contributed by atoms with Crippen LogP contribution >= 0.6 is 11.6 Å². The number of hydrogen-bond acceptors (Lipinski definition) is 2. The van der Waals surface area contributed by atoms with E-state index in [-0.39, 0.29) is 11.9 Å². The summed E-state index contributed by atoms with van der Waals surface area (Å²) in [5, 5.41) is 3.83. The van der Waals surface area contributed by atoms with Crippen LogP contribution in [0.4, 0.5) is 0 Å². The van der Waals surface area contributed by atoms with Gasteiger partial charge in [-0.2, -0.15) is 0 Å². The van der Waals surface area contributed by atoms with E-state index in [1.165, 1.54) is 0 Å². The number of likely N-dealkylation sites (N-methyl/N-ethyl adjacent to an activating group) is 1. The molecular weight excluding hydrogens is 236 g/mol. The van der Waals surface area contributed by atoms with Gasteiger partial charge in [0, 0.05) is 24.7 Å². The van der Waals surface area contributed by atoms with E-state index in [0.29, 0.717) is 13.1 Å². The van der Waals surface area contributed by atoms with E-state index in [4.69, 9.17) is 11.6 Å². The topological polar surface area (TPSA) is 32.3 Å². The van der Waals surface area contributed by atoms with Crippen molar-refractivity contribution in [2.24, 2.45) is 0 Å². The van der Waals surface area contributed by atoms with Gasteiger partial charge in [0.1, 0.15) is 0 Å². The number of amides is 1. The van der Waals surface area contributed by atoms with E-state index < -0.39 is 0 Å². The van der Waals surface area contributed by atoms with Crippen molar-refractivity contribution in [1.82, 2.24) is 10.2 Å². The molecule has 1 aromatic rings. The molecule has 0 spiro atoms. The number of halogens is 1. The highest BCUT2D eigenvalue weighted by Gasteiger charge is 2.10. The quantitative estimate of drug-likeness (QED) is 0.875. The van der Waals surface area contributed by atoms with Gasteiger partial charge in [-0.1, -0.05) is 23.7 Å². The highest BCUT2D eigenvalue weighted by atomic mass is 35.5. The third-order valence-electron chi connectivity index (χ3n) is 2.66. The summed E-state index contributed by atoms with van der Waals surface area (Å²) in [7, 11) is 1.81. The van der Waals surface area contributed by atoms with E-state index >= 15 is 0 Å². The fraction of sp³-hybridized carbons (Fsp3) is 0.462. The third-order valence-corrected chi connectivity index (χ3v) is 2.90. The molecule has 0 aliphatic carbocycles. The summed E-state index contributed by atoms with van der Waals surface area (Å²) in [6, 6.07) is 7.85. The first-order valence-corrected chi connectivity index (χ1v) is 6.09. The van der Waals surface area contributed by atoms with Gasteiger partial charge < -0.3 is 10.2 Å². The summed E-state index contributed by atoms with van der Waals surface area (Å²) in [6.07, 6.45) is 0. The van der Waals surface area contributed by atoms with E-state index in [2.05, 4.69) is 5.32 Å². The van der Waals surface area contributed by atoms with Crippen LogP contribution < -0.4 is 5.32 Å². The number of benzene rings is 1. The Morgan fingerprint density at radius 3 is 2.76 bits per heavy atom. The van der Waals surface area contributed by atoms with Gasteiger partial charge >= 0.3 is 0 Å². The van der Waals surface area contributed by atoms with Gasteiger partial charge in [-0.15, -0.1) is 0 Å². The van der Waals surface area contributed by atoms with Crippen molar-refractivity contribution in [3.63, 3.8) is 0 Å². The third kappa shape index (κ3) is 4.75. The Kier molecular flexibility index (Phi) is 5.45. The summed E-state index contributed by atoms with van der Waals surface area (Å²) < 4.78 is 0. The molecule has 0 saturated heterocycles. The van der Waals surface area contributed by atoms with Crippen molar-refractivity contribution in [2.45, 2.75) is 26.4 Å². The Bertz CT molecular complexity index is 379. The second kappa shape index (κ2) is 6.62. The van der Waals surface area contributed by atoms with Crippen LogP contribution in [0, 0.1) is 0 Å². The zero-order valence-electron chi connectivity index (χ0n) is 10.5. The molecule has 0 aromatic heterocycles. The van der Waals surface area contributed by atoms with E-state index in [1.54, 1.807) is 4.90 Å². The lowest BCUT2D eigenvalue weighted by molar-refractivity contribution is -0.130. The zero-order chi connectivity index (χ0) is 12.8. The molecule has 0 bridgehead atoms. The van der Waals surface area contributed by atoms with Crippen molar-refractivity contribution >= 4 is 17.5 Å². The normalized spacial score (nSPS) is 10.6. The van der Waals surface area contributed by atoms with Crippen molar-refractivity contribution in [3.8, 4) is 0 Å². The summed E-state index contributed by atoms with van der Waals surface area (Å²) in [5.74, 6) is 0.0991. The van der Waals surface area contributed by atoms with Gasteiger partial charge in [0.2, 0.25) is 5.91 Å². The van der Waals surface area contributed by atoms with Gasteiger partial charge in [-0.05, 0) is 31.5 Å². The van der Waals surface area contributed by atoms with Crippen LogP contribution in [0.1, 0.15) is 19.4 Å². The first-order valence-electron chi connectivity index (χ1n) is 5.71. The van der Waals surface area contributed by atoms with Crippen molar-refractivity contribution < 1.29 is 4.79 Å². The number of carbonyl (C=O) groups is 1. The fourth-order valence-electron chi connectivity index (χ4n) is 1.37. The Labute approximate surface area is 108 Å². The highest BCUT2D eigenvalue weighted by molar-refractivity contribution is 6.30. The highest BCUT2D eigenvalue weighted by Crippen LogP contribution is 2.10. The van der Waals surface area contributed by atoms with Gasteiger partial charge in [0.25, 0.3) is 0 Å². The summed E-state index contributed by atoms with van der Waals surface area (Å²) in [6.45, 7) is 4.99. The molecular formula is C13H19ClN2O. The predicted molar refractivity (Wildman–Crippen MR) is 71.1 cm³/mol. The maximum Gasteiger partial charge on any atom is 0.236 e. The molecule has 1 N–H and O–H groups in total. The van der Waals surface area contributed by atoms with Crippen molar-refractivity contribution in [3.05, 3.63) is 34.9 Å². The molecule has 0 saturated carbocycles. The number of hydrogen-bond donors (Lipinski definition) is 1. The minimum absolute atomic E-state index is 0.0991. The van der Waals surface area contributed by atoms with Gasteiger partial charge in [-0.25, -0.2) is 0 Å². The molecule has 0 aliphatic rings. The molecule has 0 atom stereocenters. The number of carbonyl (C=O) groups excluding carboxylic acids is 1. The lowest BCUT2D eigenvalue weighted by Crippen LogP contribution is -2.39. The Morgan fingerprint density at radius 1 is 1.47 bits per heavy atom. The SMILES string of the molecule is CC(C)N(C)C(=O)CNCc1cccc(Cl)c1. The minimum atomic E-state index is 0.0991. The van der Waals surface area contributed by atoms with Gasteiger partial charge in [0.05, 0.1) is 6.54 Å². The van der Waals surface area contributed by atoms with E-state index in [0.717, 1.165) is 10.6 Å². The second-order valence-corrected chi connectivity index (χ2v) is 4.77. The average Bonchev–Trinajstić information content (AvgIpc) is 2.27. The number of nitrogens with zero attached hydrogens (tertiary/aromatic N) is 1. The minimum Gasteiger partial charge on any atom is -0.342 e. The van der Waals surface area contributed by atoms with Crippen LogP contribution in [0.15, 0.2) is 24.3 Å². The lowest BCUT2D eigenvalue weighted by atomic mass is 10.2. The summed E-state index contributed by atoms with van der Waals surface area (Å²) in [4.78, 5) is 13.4. The number of nitrogens with one attached hydrogen (secondary N) is 1. The Balaban J connectivity index is 2.35. The molecule has 0 fully saturated rings. The summed E-state index contributed by atoms with van der Waals surface area (Å²) >= 11 is 5.88. The van der Waals surface area contributed by atoms with Gasteiger partial charge in [-0.3, -0.25) is 4.79 Å². The summed E-state index contributed by atoms with van der Waals surface area (Å²) in [5.41, 5.74) is 1.08. The monoisotopic (exact) mass is 254 g/mol. The standard InChI is InChI=1S/C13H19ClN2O/c1-10(2)16(3)13(17)9-15-8-11-5-4-6-12(14)7-11/h4-7,10,15H,8-9H2,1-3H3. The molecule has 0 radical (unpaired) electrons. The Hall–Kier alpha value is -1.06. The maximum atomic E-state index is 11.7. The molecule has 1 aromatic carbocycles. The molecule has 0 aliphatic heterocycles. The zero-order valence-corrected chi connectivity index (χ0v) is 11.3. The fourth-order valence-corrected chi connectivity index (χ4v) is 1.59. The first kappa shape index (κ1) is 14.0. The molecule has 0 unspecified atom stereocenters. The average molecular weight is 255 g/mol. The molecule has 17 heavy (non-hydrogen) atoms. The largest absolute Gasteiger partial charge is 0.342 e. The van der Waals surface area contributed by atoms with E-state index in [9.17, 15) is 4.79 Å². The molecule has 0 heterocycles. The van der Waals surface area contributed by atoms with Crippen LogP contribution in [-0.4, -0.2) is 30.4 Å². The molecule has 1 rings (SSSR count). The number of rotatable bonds is 5. The van der Waals surface area contributed by atoms with E-state index in [1.807, 2.05) is 45.2 Å². The smallest absolute Gasteiger partial charge is 0.236 e. The maximum absolute atomic E-state index is 11.7. The molecule has 1 amide bonds. The Morgan fingerprint density at radius 2 is 2.18 bits per heavy atom.